The number of H-pyrrole nitrogens is 1. The summed E-state index contributed by atoms with van der Waals surface area (Å²) in [6.07, 6.45) is 0. The molecule has 9 heteroatoms. The lowest BCUT2D eigenvalue weighted by Crippen LogP contribution is -2.49. The molecule has 0 saturated carbocycles. The number of anilines is 1. The van der Waals surface area contributed by atoms with Crippen LogP contribution in [0.15, 0.2) is 16.9 Å². The summed E-state index contributed by atoms with van der Waals surface area (Å²) < 4.78 is 0. The van der Waals surface area contributed by atoms with Crippen LogP contribution in [-0.2, 0) is 0 Å². The van der Waals surface area contributed by atoms with E-state index in [9.17, 15) is 9.59 Å². The monoisotopic (exact) mass is 306 g/mol. The number of hydrogen-bond donors (Lipinski definition) is 1. The van der Waals surface area contributed by atoms with Crippen LogP contribution < -0.4 is 10.5 Å². The van der Waals surface area contributed by atoms with Crippen molar-refractivity contribution >= 4 is 22.4 Å². The summed E-state index contributed by atoms with van der Waals surface area (Å²) in [6, 6.07) is 2.75. The number of amides is 1. The Kier molecular flexibility index (Phi) is 3.65. The molecular formula is C12H14N6O2S. The van der Waals surface area contributed by atoms with Crippen molar-refractivity contribution in [2.45, 2.75) is 6.92 Å². The third kappa shape index (κ3) is 2.92. The second-order valence-electron chi connectivity index (χ2n) is 4.69. The van der Waals surface area contributed by atoms with Gasteiger partial charge >= 0.3 is 0 Å². The molecule has 0 aromatic carbocycles. The van der Waals surface area contributed by atoms with Gasteiger partial charge in [0, 0.05) is 32.2 Å². The van der Waals surface area contributed by atoms with E-state index in [4.69, 9.17) is 0 Å². The lowest BCUT2D eigenvalue weighted by atomic mass is 10.3. The largest absolute Gasteiger partial charge is 0.343 e. The summed E-state index contributed by atoms with van der Waals surface area (Å²) in [5.41, 5.74) is -0.0576. The van der Waals surface area contributed by atoms with Gasteiger partial charge in [-0.25, -0.2) is 5.10 Å². The van der Waals surface area contributed by atoms with Crippen molar-refractivity contribution in [2.24, 2.45) is 0 Å². The molecule has 0 unspecified atom stereocenters. The summed E-state index contributed by atoms with van der Waals surface area (Å²) in [5.74, 6) is -0.167. The van der Waals surface area contributed by atoms with E-state index in [1.54, 1.807) is 16.2 Å². The molecule has 1 aliphatic rings. The maximum Gasteiger partial charge on any atom is 0.274 e. The molecular weight excluding hydrogens is 292 g/mol. The lowest BCUT2D eigenvalue weighted by molar-refractivity contribution is 0.0739. The van der Waals surface area contributed by atoms with Crippen LogP contribution in [0.1, 0.15) is 15.5 Å². The standard InChI is InChI=1S/C12H14N6O2S/c1-8-13-16-12(21-8)18-6-4-17(5-7-18)11(20)9-2-3-10(19)15-14-9/h2-3H,4-7H2,1H3,(H,15,19). The Balaban J connectivity index is 1.64. The van der Waals surface area contributed by atoms with Gasteiger partial charge < -0.3 is 9.80 Å². The molecule has 110 valence electrons. The predicted molar refractivity (Wildman–Crippen MR) is 77.6 cm³/mol. The Morgan fingerprint density at radius 1 is 1.24 bits per heavy atom. The van der Waals surface area contributed by atoms with Gasteiger partial charge in [-0.2, -0.15) is 5.10 Å². The number of nitrogens with zero attached hydrogens (tertiary/aromatic N) is 5. The maximum atomic E-state index is 12.3. The number of aryl methyl sites for hydroxylation is 1. The first-order valence-electron chi connectivity index (χ1n) is 6.53. The molecule has 1 aliphatic heterocycles. The van der Waals surface area contributed by atoms with Gasteiger partial charge in [0.2, 0.25) is 5.13 Å². The molecule has 0 spiro atoms. The first-order chi connectivity index (χ1) is 10.1. The van der Waals surface area contributed by atoms with E-state index in [0.29, 0.717) is 26.2 Å². The number of carbonyl (C=O) groups is 1. The smallest absolute Gasteiger partial charge is 0.274 e. The first-order valence-corrected chi connectivity index (χ1v) is 7.35. The van der Waals surface area contributed by atoms with Crippen molar-refractivity contribution in [2.75, 3.05) is 31.1 Å². The van der Waals surface area contributed by atoms with Crippen LogP contribution >= 0.6 is 11.3 Å². The van der Waals surface area contributed by atoms with E-state index >= 15 is 0 Å². The average molecular weight is 306 g/mol. The van der Waals surface area contributed by atoms with Crippen molar-refractivity contribution < 1.29 is 4.79 Å². The SMILES string of the molecule is Cc1nnc(N2CCN(C(=O)c3ccc(=O)[nH]n3)CC2)s1. The lowest BCUT2D eigenvalue weighted by Gasteiger charge is -2.34. The van der Waals surface area contributed by atoms with Gasteiger partial charge in [-0.15, -0.1) is 10.2 Å². The number of piperazine rings is 1. The number of nitrogens with one attached hydrogen (secondary N) is 1. The summed E-state index contributed by atoms with van der Waals surface area (Å²) in [4.78, 5) is 27.1. The fourth-order valence-electron chi connectivity index (χ4n) is 2.14. The molecule has 8 nitrogen and oxygen atoms in total. The average Bonchev–Trinajstić information content (AvgIpc) is 2.94. The van der Waals surface area contributed by atoms with Crippen LogP contribution in [-0.4, -0.2) is 57.4 Å². The van der Waals surface area contributed by atoms with E-state index < -0.39 is 0 Å². The molecule has 2 aromatic heterocycles. The Labute approximate surface area is 124 Å². The minimum Gasteiger partial charge on any atom is -0.343 e. The quantitative estimate of drug-likeness (QED) is 0.832. The molecule has 0 radical (unpaired) electrons. The molecule has 3 rings (SSSR count). The summed E-state index contributed by atoms with van der Waals surface area (Å²) in [5, 5.41) is 16.0. The molecule has 21 heavy (non-hydrogen) atoms. The van der Waals surface area contributed by atoms with Gasteiger partial charge in [-0.05, 0) is 13.0 Å². The van der Waals surface area contributed by atoms with Gasteiger partial charge in [-0.1, -0.05) is 11.3 Å². The van der Waals surface area contributed by atoms with Crippen molar-refractivity contribution in [3.8, 4) is 0 Å². The third-order valence-corrected chi connectivity index (χ3v) is 4.15. The maximum absolute atomic E-state index is 12.3. The fraction of sp³-hybridized carbons (Fsp3) is 0.417. The molecule has 1 amide bonds. The molecule has 1 saturated heterocycles. The first kappa shape index (κ1) is 13.7. The summed E-state index contributed by atoms with van der Waals surface area (Å²) in [7, 11) is 0. The Bertz CT molecular complexity index is 683. The van der Waals surface area contributed by atoms with E-state index in [1.807, 2.05) is 6.92 Å². The van der Waals surface area contributed by atoms with Crippen LogP contribution in [0.5, 0.6) is 0 Å². The van der Waals surface area contributed by atoms with Gasteiger partial charge in [0.1, 0.15) is 10.7 Å². The summed E-state index contributed by atoms with van der Waals surface area (Å²) in [6.45, 7) is 4.53. The Morgan fingerprint density at radius 2 is 2.00 bits per heavy atom. The van der Waals surface area contributed by atoms with Crippen molar-refractivity contribution in [1.82, 2.24) is 25.3 Å². The van der Waals surface area contributed by atoms with Crippen molar-refractivity contribution in [1.29, 1.82) is 0 Å². The normalized spacial score (nSPS) is 15.3. The zero-order valence-corrected chi connectivity index (χ0v) is 12.3. The molecule has 3 heterocycles. The molecule has 2 aromatic rings. The van der Waals surface area contributed by atoms with Crippen LogP contribution in [0, 0.1) is 6.92 Å². The van der Waals surface area contributed by atoms with Crippen LogP contribution in [0.25, 0.3) is 0 Å². The summed E-state index contributed by atoms with van der Waals surface area (Å²) >= 11 is 1.55. The minimum atomic E-state index is -0.317. The molecule has 1 fully saturated rings. The Hall–Kier alpha value is -2.29. The van der Waals surface area contributed by atoms with E-state index in [0.717, 1.165) is 10.1 Å². The highest BCUT2D eigenvalue weighted by molar-refractivity contribution is 7.15. The topological polar surface area (TPSA) is 95.1 Å². The molecule has 0 bridgehead atoms. The minimum absolute atomic E-state index is 0.167. The van der Waals surface area contributed by atoms with Crippen molar-refractivity contribution in [3.63, 3.8) is 0 Å². The zero-order valence-electron chi connectivity index (χ0n) is 11.4. The second-order valence-corrected chi connectivity index (χ2v) is 5.85. The second kappa shape index (κ2) is 5.60. The molecule has 1 N–H and O–H groups in total. The van der Waals surface area contributed by atoms with Gasteiger partial charge in [0.05, 0.1) is 0 Å². The van der Waals surface area contributed by atoms with Crippen molar-refractivity contribution in [3.05, 3.63) is 33.2 Å². The number of aromatic nitrogens is 4. The van der Waals surface area contributed by atoms with Crippen LogP contribution in [0.3, 0.4) is 0 Å². The highest BCUT2D eigenvalue weighted by Gasteiger charge is 2.24. The van der Waals surface area contributed by atoms with Crippen LogP contribution in [0.4, 0.5) is 5.13 Å². The van der Waals surface area contributed by atoms with Crippen LogP contribution in [0.2, 0.25) is 0 Å². The fourth-order valence-corrected chi connectivity index (χ4v) is 2.88. The predicted octanol–water partition coefficient (Wildman–Crippen LogP) is -0.108. The molecule has 0 atom stereocenters. The van der Waals surface area contributed by atoms with Gasteiger partial charge in [0.25, 0.3) is 11.5 Å². The highest BCUT2D eigenvalue weighted by Crippen LogP contribution is 2.21. The van der Waals surface area contributed by atoms with E-state index in [2.05, 4.69) is 25.3 Å². The van der Waals surface area contributed by atoms with E-state index in [1.165, 1.54) is 12.1 Å². The zero-order chi connectivity index (χ0) is 14.8. The number of hydrogen-bond acceptors (Lipinski definition) is 7. The highest BCUT2D eigenvalue weighted by atomic mass is 32.1. The number of rotatable bonds is 2. The van der Waals surface area contributed by atoms with E-state index in [-0.39, 0.29) is 17.2 Å². The van der Waals surface area contributed by atoms with Gasteiger partial charge in [-0.3, -0.25) is 9.59 Å². The number of aromatic amines is 1. The number of carbonyl (C=O) groups excluding carboxylic acids is 1. The third-order valence-electron chi connectivity index (χ3n) is 3.25. The Morgan fingerprint density at radius 3 is 2.57 bits per heavy atom. The van der Waals surface area contributed by atoms with Gasteiger partial charge in [0.15, 0.2) is 0 Å². The molecule has 0 aliphatic carbocycles.